The van der Waals surface area contributed by atoms with Crippen molar-refractivity contribution >= 4 is 5.97 Å². The number of likely N-dealkylation sites (tertiary alicyclic amines) is 1. The number of aliphatic hydroxyl groups excluding tert-OH is 1. The Bertz CT molecular complexity index is 244. The summed E-state index contributed by atoms with van der Waals surface area (Å²) in [6.07, 6.45) is 4.00. The van der Waals surface area contributed by atoms with Gasteiger partial charge in [0.1, 0.15) is 0 Å². The van der Waals surface area contributed by atoms with Gasteiger partial charge in [-0.05, 0) is 38.1 Å². The number of carboxylic acids is 1. The molecule has 0 bridgehead atoms. The summed E-state index contributed by atoms with van der Waals surface area (Å²) in [5, 5.41) is 18.1. The molecule has 1 aliphatic carbocycles. The van der Waals surface area contributed by atoms with Gasteiger partial charge in [-0.1, -0.05) is 0 Å². The first-order valence-corrected chi connectivity index (χ1v) is 5.80. The summed E-state index contributed by atoms with van der Waals surface area (Å²) in [6, 6.07) is 0.233. The Morgan fingerprint density at radius 1 is 1.33 bits per heavy atom. The van der Waals surface area contributed by atoms with Crippen molar-refractivity contribution in [2.75, 3.05) is 19.7 Å². The van der Waals surface area contributed by atoms with Gasteiger partial charge in [0, 0.05) is 19.2 Å². The summed E-state index contributed by atoms with van der Waals surface area (Å²) < 4.78 is 0. The van der Waals surface area contributed by atoms with E-state index in [2.05, 4.69) is 4.90 Å². The molecule has 2 N–H and O–H groups in total. The summed E-state index contributed by atoms with van der Waals surface area (Å²) in [4.78, 5) is 13.2. The van der Waals surface area contributed by atoms with Gasteiger partial charge in [0.2, 0.25) is 0 Å². The number of piperidine rings is 1. The second-order valence-corrected chi connectivity index (χ2v) is 4.78. The van der Waals surface area contributed by atoms with Crippen molar-refractivity contribution in [3.63, 3.8) is 0 Å². The fourth-order valence-electron chi connectivity index (χ4n) is 2.76. The lowest BCUT2D eigenvalue weighted by atomic mass is 9.77. The highest BCUT2D eigenvalue weighted by Gasteiger charge is 2.41. The Hall–Kier alpha value is -0.610. The molecule has 2 rings (SSSR count). The van der Waals surface area contributed by atoms with Gasteiger partial charge in [0.15, 0.2) is 0 Å². The molecule has 4 heteroatoms. The van der Waals surface area contributed by atoms with E-state index in [0.717, 1.165) is 38.8 Å². The Morgan fingerprint density at radius 2 is 2.13 bits per heavy atom. The Balaban J connectivity index is 1.90. The first kappa shape index (κ1) is 10.9. The monoisotopic (exact) mass is 213 g/mol. The van der Waals surface area contributed by atoms with Gasteiger partial charge in [-0.2, -0.15) is 0 Å². The summed E-state index contributed by atoms with van der Waals surface area (Å²) in [6.45, 7) is 2.12. The average Bonchev–Trinajstić information content (AvgIpc) is 2.15. The van der Waals surface area contributed by atoms with E-state index in [0.29, 0.717) is 5.92 Å². The van der Waals surface area contributed by atoms with Gasteiger partial charge in [-0.15, -0.1) is 0 Å². The summed E-state index contributed by atoms with van der Waals surface area (Å²) in [5.41, 5.74) is 0. The number of carbonyl (C=O) groups is 1. The first-order chi connectivity index (χ1) is 7.22. The maximum absolute atomic E-state index is 10.9. The van der Waals surface area contributed by atoms with Gasteiger partial charge in [-0.3, -0.25) is 9.69 Å². The molecule has 2 fully saturated rings. The molecule has 0 radical (unpaired) electrons. The number of aliphatic hydroxyl groups is 1. The molecule has 0 amide bonds. The largest absolute Gasteiger partial charge is 0.481 e. The van der Waals surface area contributed by atoms with Crippen LogP contribution in [0.3, 0.4) is 0 Å². The fourth-order valence-corrected chi connectivity index (χ4v) is 2.76. The second kappa shape index (κ2) is 4.49. The Labute approximate surface area is 89.9 Å². The van der Waals surface area contributed by atoms with Crippen LogP contribution < -0.4 is 0 Å². The van der Waals surface area contributed by atoms with Crippen LogP contribution in [0.2, 0.25) is 0 Å². The van der Waals surface area contributed by atoms with Crippen molar-refractivity contribution in [1.82, 2.24) is 4.90 Å². The van der Waals surface area contributed by atoms with Crippen molar-refractivity contribution < 1.29 is 15.0 Å². The third kappa shape index (κ3) is 2.16. The predicted molar refractivity (Wildman–Crippen MR) is 55.5 cm³/mol. The van der Waals surface area contributed by atoms with Crippen LogP contribution in [-0.2, 0) is 4.79 Å². The lowest BCUT2D eigenvalue weighted by Gasteiger charge is -2.45. The molecule has 0 aromatic rings. The summed E-state index contributed by atoms with van der Waals surface area (Å²) in [7, 11) is 0. The Morgan fingerprint density at radius 3 is 2.67 bits per heavy atom. The molecule has 1 saturated heterocycles. The van der Waals surface area contributed by atoms with Gasteiger partial charge >= 0.3 is 5.97 Å². The average molecular weight is 213 g/mol. The van der Waals surface area contributed by atoms with Crippen LogP contribution in [0.4, 0.5) is 0 Å². The zero-order chi connectivity index (χ0) is 10.8. The highest BCUT2D eigenvalue weighted by molar-refractivity contribution is 5.72. The van der Waals surface area contributed by atoms with E-state index in [-0.39, 0.29) is 18.6 Å². The van der Waals surface area contributed by atoms with E-state index in [1.54, 1.807) is 0 Å². The van der Waals surface area contributed by atoms with Crippen LogP contribution in [0.1, 0.15) is 25.7 Å². The SMILES string of the molecule is O=C(O)C1CCC1N1CCCC(CO)C1. The number of hydrogen-bond acceptors (Lipinski definition) is 3. The lowest BCUT2D eigenvalue weighted by molar-refractivity contribution is -0.149. The van der Waals surface area contributed by atoms with Gasteiger partial charge < -0.3 is 10.2 Å². The molecule has 2 aliphatic rings. The summed E-state index contributed by atoms with van der Waals surface area (Å²) >= 11 is 0. The molecule has 3 unspecified atom stereocenters. The maximum atomic E-state index is 10.9. The minimum atomic E-state index is -0.655. The first-order valence-electron chi connectivity index (χ1n) is 5.80. The highest BCUT2D eigenvalue weighted by atomic mass is 16.4. The number of rotatable bonds is 3. The van der Waals surface area contributed by atoms with Crippen LogP contribution in [0.25, 0.3) is 0 Å². The normalized spacial score (nSPS) is 37.3. The Kier molecular flexibility index (Phi) is 3.26. The molecular weight excluding hydrogens is 194 g/mol. The molecule has 0 aromatic heterocycles. The number of hydrogen-bond donors (Lipinski definition) is 2. The van der Waals surface area contributed by atoms with E-state index in [1.807, 2.05) is 0 Å². The number of nitrogens with zero attached hydrogens (tertiary/aromatic N) is 1. The van der Waals surface area contributed by atoms with Gasteiger partial charge in [-0.25, -0.2) is 0 Å². The number of aliphatic carboxylic acids is 1. The molecule has 1 aliphatic heterocycles. The third-order valence-corrected chi connectivity index (χ3v) is 3.83. The minimum absolute atomic E-state index is 0.164. The van der Waals surface area contributed by atoms with E-state index in [4.69, 9.17) is 10.2 Å². The quantitative estimate of drug-likeness (QED) is 0.719. The molecule has 1 heterocycles. The van der Waals surface area contributed by atoms with E-state index < -0.39 is 5.97 Å². The van der Waals surface area contributed by atoms with Gasteiger partial charge in [0.05, 0.1) is 5.92 Å². The standard InChI is InChI=1S/C11H19NO3/c13-7-8-2-1-5-12(6-8)10-4-3-9(10)11(14)15/h8-10,13H,1-7H2,(H,14,15). The maximum Gasteiger partial charge on any atom is 0.308 e. The molecule has 86 valence electrons. The topological polar surface area (TPSA) is 60.8 Å². The van der Waals surface area contributed by atoms with Crippen molar-refractivity contribution in [1.29, 1.82) is 0 Å². The molecule has 0 aromatic carbocycles. The van der Waals surface area contributed by atoms with Crippen LogP contribution in [-0.4, -0.2) is 46.8 Å². The van der Waals surface area contributed by atoms with Crippen molar-refractivity contribution in [3.05, 3.63) is 0 Å². The minimum Gasteiger partial charge on any atom is -0.481 e. The molecule has 4 nitrogen and oxygen atoms in total. The van der Waals surface area contributed by atoms with E-state index >= 15 is 0 Å². The summed E-state index contributed by atoms with van der Waals surface area (Å²) in [5.74, 6) is -0.464. The van der Waals surface area contributed by atoms with Gasteiger partial charge in [0.25, 0.3) is 0 Å². The molecule has 15 heavy (non-hydrogen) atoms. The highest BCUT2D eigenvalue weighted by Crippen LogP contribution is 2.34. The van der Waals surface area contributed by atoms with Crippen molar-refractivity contribution in [2.45, 2.75) is 31.7 Å². The molecular formula is C11H19NO3. The lowest BCUT2D eigenvalue weighted by Crippen LogP contribution is -2.53. The van der Waals surface area contributed by atoms with Crippen molar-refractivity contribution in [2.24, 2.45) is 11.8 Å². The van der Waals surface area contributed by atoms with Crippen LogP contribution in [0, 0.1) is 11.8 Å². The smallest absolute Gasteiger partial charge is 0.308 e. The fraction of sp³-hybridized carbons (Fsp3) is 0.909. The molecule has 0 spiro atoms. The van der Waals surface area contributed by atoms with E-state index in [1.165, 1.54) is 0 Å². The predicted octanol–water partition coefficient (Wildman–Crippen LogP) is 0.554. The van der Waals surface area contributed by atoms with Crippen LogP contribution in [0.5, 0.6) is 0 Å². The van der Waals surface area contributed by atoms with E-state index in [9.17, 15) is 4.79 Å². The third-order valence-electron chi connectivity index (χ3n) is 3.83. The van der Waals surface area contributed by atoms with Crippen molar-refractivity contribution in [3.8, 4) is 0 Å². The zero-order valence-corrected chi connectivity index (χ0v) is 8.93. The second-order valence-electron chi connectivity index (χ2n) is 4.78. The molecule has 1 saturated carbocycles. The van der Waals surface area contributed by atoms with Crippen LogP contribution in [0.15, 0.2) is 0 Å². The number of carboxylic acid groups (broad SMARTS) is 1. The molecule has 3 atom stereocenters. The van der Waals surface area contributed by atoms with Crippen LogP contribution >= 0.6 is 0 Å². The zero-order valence-electron chi connectivity index (χ0n) is 8.93.